The molecule has 1 aliphatic carbocycles. The van der Waals surface area contributed by atoms with Crippen LogP contribution in [0.25, 0.3) is 0 Å². The van der Waals surface area contributed by atoms with E-state index in [0.717, 1.165) is 25.9 Å². The van der Waals surface area contributed by atoms with E-state index in [0.29, 0.717) is 36.4 Å². The number of benzene rings is 1. The second-order valence-electron chi connectivity index (χ2n) is 7.13. The molecule has 1 aromatic rings. The van der Waals surface area contributed by atoms with Gasteiger partial charge >= 0.3 is 0 Å². The molecule has 1 heterocycles. The molecular weight excluding hydrogens is 327 g/mol. The molecule has 24 heavy (non-hydrogen) atoms. The van der Waals surface area contributed by atoms with Gasteiger partial charge in [-0.3, -0.25) is 4.79 Å². The highest BCUT2D eigenvalue weighted by molar-refractivity contribution is 5.85. The van der Waals surface area contributed by atoms with Crippen LogP contribution in [0.5, 0.6) is 0 Å². The first-order valence-electron chi connectivity index (χ1n) is 8.88. The van der Waals surface area contributed by atoms with Crippen LogP contribution in [0.3, 0.4) is 0 Å². The van der Waals surface area contributed by atoms with E-state index >= 15 is 0 Å². The molecule has 3 rings (SSSR count). The van der Waals surface area contributed by atoms with Crippen LogP contribution < -0.4 is 5.32 Å². The van der Waals surface area contributed by atoms with Gasteiger partial charge in [0.05, 0.1) is 0 Å². The molecule has 5 heteroatoms. The number of rotatable bonds is 6. The van der Waals surface area contributed by atoms with Gasteiger partial charge in [-0.2, -0.15) is 0 Å². The molecule has 1 amide bonds. The van der Waals surface area contributed by atoms with E-state index < -0.39 is 0 Å². The Hall–Kier alpha value is -1.13. The fourth-order valence-corrected chi connectivity index (χ4v) is 3.54. The molecule has 0 aromatic heterocycles. The van der Waals surface area contributed by atoms with Gasteiger partial charge in [0, 0.05) is 24.6 Å². The van der Waals surface area contributed by atoms with E-state index in [1.807, 2.05) is 11.0 Å². The molecular formula is C19H28ClFN2O. The third kappa shape index (κ3) is 4.93. The zero-order valence-corrected chi connectivity index (χ0v) is 15.2. The lowest BCUT2D eigenvalue weighted by Gasteiger charge is -2.30. The van der Waals surface area contributed by atoms with Gasteiger partial charge < -0.3 is 10.2 Å². The van der Waals surface area contributed by atoms with Crippen LogP contribution in [0, 0.1) is 17.7 Å². The Morgan fingerprint density at radius 1 is 1.33 bits per heavy atom. The van der Waals surface area contributed by atoms with Gasteiger partial charge in [0.2, 0.25) is 5.91 Å². The summed E-state index contributed by atoms with van der Waals surface area (Å²) in [5, 5.41) is 3.43. The second kappa shape index (κ2) is 8.82. The maximum Gasteiger partial charge on any atom is 0.223 e. The Labute approximate surface area is 150 Å². The third-order valence-corrected chi connectivity index (χ3v) is 5.24. The van der Waals surface area contributed by atoms with Crippen molar-refractivity contribution in [1.29, 1.82) is 0 Å². The van der Waals surface area contributed by atoms with Crippen LogP contribution in [0.2, 0.25) is 0 Å². The lowest BCUT2D eigenvalue weighted by molar-refractivity contribution is -0.133. The van der Waals surface area contributed by atoms with Gasteiger partial charge in [0.25, 0.3) is 0 Å². The summed E-state index contributed by atoms with van der Waals surface area (Å²) >= 11 is 0. The summed E-state index contributed by atoms with van der Waals surface area (Å²) in [7, 11) is 0. The van der Waals surface area contributed by atoms with E-state index in [4.69, 9.17) is 0 Å². The van der Waals surface area contributed by atoms with Gasteiger partial charge in [-0.1, -0.05) is 25.1 Å². The van der Waals surface area contributed by atoms with Crippen molar-refractivity contribution in [3.63, 3.8) is 0 Å². The molecule has 3 nitrogen and oxygen atoms in total. The Bertz CT molecular complexity index is 544. The van der Waals surface area contributed by atoms with Crippen molar-refractivity contribution in [2.75, 3.05) is 13.1 Å². The summed E-state index contributed by atoms with van der Waals surface area (Å²) in [5.74, 6) is 0.948. The number of carbonyl (C=O) groups excluding carboxylic acids is 1. The summed E-state index contributed by atoms with van der Waals surface area (Å²) in [4.78, 5) is 14.7. The molecule has 134 valence electrons. The quantitative estimate of drug-likeness (QED) is 0.843. The summed E-state index contributed by atoms with van der Waals surface area (Å²) < 4.78 is 13.9. The minimum absolute atomic E-state index is 0. The number of carbonyl (C=O) groups is 1. The highest BCUT2D eigenvalue weighted by atomic mass is 35.5. The van der Waals surface area contributed by atoms with Gasteiger partial charge in [0.15, 0.2) is 0 Å². The van der Waals surface area contributed by atoms with E-state index in [2.05, 4.69) is 12.2 Å². The van der Waals surface area contributed by atoms with Crippen LogP contribution >= 0.6 is 12.4 Å². The SMILES string of the molecule is CC(CC(=O)N(Cc1ccccc1F)C1CC1)C1CCCNC1.Cl. The molecule has 1 aromatic carbocycles. The van der Waals surface area contributed by atoms with Crippen LogP contribution in [-0.4, -0.2) is 29.9 Å². The van der Waals surface area contributed by atoms with E-state index in [9.17, 15) is 9.18 Å². The highest BCUT2D eigenvalue weighted by Crippen LogP contribution is 2.31. The van der Waals surface area contributed by atoms with Crippen molar-refractivity contribution >= 4 is 18.3 Å². The number of nitrogens with one attached hydrogen (secondary N) is 1. The molecule has 2 fully saturated rings. The number of halogens is 2. The summed E-state index contributed by atoms with van der Waals surface area (Å²) in [6.45, 7) is 4.71. The minimum atomic E-state index is -0.213. The molecule has 0 spiro atoms. The number of amides is 1. The van der Waals surface area contributed by atoms with Gasteiger partial charge in [-0.15, -0.1) is 12.4 Å². The fraction of sp³-hybridized carbons (Fsp3) is 0.632. The first-order chi connectivity index (χ1) is 11.1. The maximum absolute atomic E-state index is 13.9. The van der Waals surface area contributed by atoms with Crippen LogP contribution in [0.15, 0.2) is 24.3 Å². The van der Waals surface area contributed by atoms with Crippen molar-refractivity contribution < 1.29 is 9.18 Å². The highest BCUT2D eigenvalue weighted by Gasteiger charge is 2.34. The van der Waals surface area contributed by atoms with Crippen LogP contribution in [0.1, 0.15) is 44.6 Å². The van der Waals surface area contributed by atoms with Gasteiger partial charge in [-0.05, 0) is 56.7 Å². The lowest BCUT2D eigenvalue weighted by atomic mass is 9.85. The smallest absolute Gasteiger partial charge is 0.223 e. The molecule has 1 aliphatic heterocycles. The summed E-state index contributed by atoms with van der Waals surface area (Å²) in [6.07, 6.45) is 5.10. The van der Waals surface area contributed by atoms with Crippen molar-refractivity contribution in [3.05, 3.63) is 35.6 Å². The molecule has 2 unspecified atom stereocenters. The second-order valence-corrected chi connectivity index (χ2v) is 7.13. The first kappa shape index (κ1) is 19.2. The van der Waals surface area contributed by atoms with Crippen molar-refractivity contribution in [1.82, 2.24) is 10.2 Å². The summed E-state index contributed by atoms with van der Waals surface area (Å²) in [5.41, 5.74) is 0.625. The van der Waals surface area contributed by atoms with Crippen LogP contribution in [0.4, 0.5) is 4.39 Å². The molecule has 2 atom stereocenters. The largest absolute Gasteiger partial charge is 0.335 e. The zero-order chi connectivity index (χ0) is 16.2. The Balaban J connectivity index is 0.00000208. The molecule has 0 radical (unpaired) electrons. The average molecular weight is 355 g/mol. The van der Waals surface area contributed by atoms with E-state index in [1.54, 1.807) is 12.1 Å². The van der Waals surface area contributed by atoms with E-state index in [-0.39, 0.29) is 24.1 Å². The standard InChI is InChI=1S/C19H27FN2O.ClH/c1-14(15-6-4-10-21-12-15)11-19(23)22(17-8-9-17)13-16-5-2-3-7-18(16)20;/h2-3,5,7,14-15,17,21H,4,6,8-13H2,1H3;1H. The van der Waals surface area contributed by atoms with Crippen molar-refractivity contribution in [3.8, 4) is 0 Å². The van der Waals surface area contributed by atoms with E-state index in [1.165, 1.54) is 18.9 Å². The van der Waals surface area contributed by atoms with Crippen molar-refractivity contribution in [2.24, 2.45) is 11.8 Å². The Morgan fingerprint density at radius 3 is 2.71 bits per heavy atom. The monoisotopic (exact) mass is 354 g/mol. The molecule has 1 N–H and O–H groups in total. The topological polar surface area (TPSA) is 32.3 Å². The van der Waals surface area contributed by atoms with Crippen LogP contribution in [-0.2, 0) is 11.3 Å². The van der Waals surface area contributed by atoms with Crippen molar-refractivity contribution in [2.45, 2.75) is 51.6 Å². The average Bonchev–Trinajstić information content (AvgIpc) is 3.39. The predicted molar refractivity (Wildman–Crippen MR) is 96.6 cm³/mol. The number of piperidine rings is 1. The molecule has 1 saturated heterocycles. The molecule has 1 saturated carbocycles. The zero-order valence-electron chi connectivity index (χ0n) is 14.3. The maximum atomic E-state index is 13.9. The minimum Gasteiger partial charge on any atom is -0.335 e. The summed E-state index contributed by atoms with van der Waals surface area (Å²) in [6, 6.07) is 7.11. The third-order valence-electron chi connectivity index (χ3n) is 5.24. The first-order valence-corrected chi connectivity index (χ1v) is 8.88. The normalized spacial score (nSPS) is 21.7. The molecule has 0 bridgehead atoms. The predicted octanol–water partition coefficient (Wildman–Crippen LogP) is 3.76. The van der Waals surface area contributed by atoms with Gasteiger partial charge in [-0.25, -0.2) is 4.39 Å². The number of hydrogen-bond acceptors (Lipinski definition) is 2. The lowest BCUT2D eigenvalue weighted by Crippen LogP contribution is -2.38. The Morgan fingerprint density at radius 2 is 2.08 bits per heavy atom. The number of hydrogen-bond donors (Lipinski definition) is 1. The van der Waals surface area contributed by atoms with Gasteiger partial charge in [0.1, 0.15) is 5.82 Å². The number of nitrogens with zero attached hydrogens (tertiary/aromatic N) is 1. The Kier molecular flexibility index (Phi) is 7.05. The molecule has 2 aliphatic rings. The fourth-order valence-electron chi connectivity index (χ4n) is 3.54.